The Kier molecular flexibility index (Phi) is 3.97. The SMILES string of the molecule is CCO[C@@]1(C(F)(F)F)CCN(CCO)C1. The lowest BCUT2D eigenvalue weighted by Crippen LogP contribution is -2.50. The first-order valence-corrected chi connectivity index (χ1v) is 4.99. The van der Waals surface area contributed by atoms with Crippen molar-refractivity contribution in [2.24, 2.45) is 0 Å². The van der Waals surface area contributed by atoms with Crippen molar-refractivity contribution in [1.29, 1.82) is 0 Å². The van der Waals surface area contributed by atoms with E-state index in [2.05, 4.69) is 0 Å². The number of β-amino-alcohol motifs (C(OH)–C–C–N with tert-alkyl or cyclic N) is 1. The minimum absolute atomic E-state index is 0.0481. The van der Waals surface area contributed by atoms with Crippen molar-refractivity contribution in [1.82, 2.24) is 4.90 Å². The molecular weight excluding hydrogens is 211 g/mol. The van der Waals surface area contributed by atoms with E-state index >= 15 is 0 Å². The number of hydrogen-bond donors (Lipinski definition) is 1. The molecule has 15 heavy (non-hydrogen) atoms. The number of halogens is 3. The minimum Gasteiger partial charge on any atom is -0.395 e. The van der Waals surface area contributed by atoms with Gasteiger partial charge in [-0.25, -0.2) is 0 Å². The quantitative estimate of drug-likeness (QED) is 0.778. The standard InChI is InChI=1S/C9H16F3NO2/c1-2-15-8(9(10,11)12)3-4-13(7-8)5-6-14/h14H,2-7H2,1H3/t8-/m0/s1. The number of aliphatic hydroxyl groups is 1. The Morgan fingerprint density at radius 2 is 2.13 bits per heavy atom. The molecule has 1 aliphatic rings. The first-order chi connectivity index (χ1) is 6.95. The highest BCUT2D eigenvalue weighted by Crippen LogP contribution is 2.40. The highest BCUT2D eigenvalue weighted by atomic mass is 19.4. The van der Waals surface area contributed by atoms with Gasteiger partial charge in [-0.1, -0.05) is 0 Å². The zero-order valence-electron chi connectivity index (χ0n) is 8.68. The first-order valence-electron chi connectivity index (χ1n) is 4.99. The van der Waals surface area contributed by atoms with Crippen molar-refractivity contribution in [3.05, 3.63) is 0 Å². The van der Waals surface area contributed by atoms with Gasteiger partial charge in [0, 0.05) is 26.2 Å². The van der Waals surface area contributed by atoms with E-state index in [1.807, 2.05) is 0 Å². The molecule has 1 fully saturated rings. The lowest BCUT2D eigenvalue weighted by atomic mass is 10.0. The van der Waals surface area contributed by atoms with Crippen molar-refractivity contribution in [2.45, 2.75) is 25.1 Å². The maximum absolute atomic E-state index is 12.8. The summed E-state index contributed by atoms with van der Waals surface area (Å²) in [5.41, 5.74) is -2.03. The number of ether oxygens (including phenoxy) is 1. The Morgan fingerprint density at radius 3 is 2.60 bits per heavy atom. The van der Waals surface area contributed by atoms with Crippen LogP contribution >= 0.6 is 0 Å². The maximum atomic E-state index is 12.8. The van der Waals surface area contributed by atoms with Gasteiger partial charge in [-0.05, 0) is 13.3 Å². The molecule has 0 aromatic heterocycles. The fourth-order valence-corrected chi connectivity index (χ4v) is 1.90. The van der Waals surface area contributed by atoms with Gasteiger partial charge in [0.1, 0.15) is 0 Å². The van der Waals surface area contributed by atoms with Gasteiger partial charge in [-0.15, -0.1) is 0 Å². The first kappa shape index (κ1) is 12.7. The number of hydrogen-bond acceptors (Lipinski definition) is 3. The summed E-state index contributed by atoms with van der Waals surface area (Å²) in [6.45, 7) is 1.89. The Balaban J connectivity index is 2.69. The van der Waals surface area contributed by atoms with Crippen LogP contribution in [0.4, 0.5) is 13.2 Å². The Bertz CT molecular complexity index is 210. The fraction of sp³-hybridized carbons (Fsp3) is 1.00. The Morgan fingerprint density at radius 1 is 1.47 bits per heavy atom. The number of alkyl halides is 3. The summed E-state index contributed by atoms with van der Waals surface area (Å²) in [5, 5.41) is 8.67. The maximum Gasteiger partial charge on any atom is 0.418 e. The van der Waals surface area contributed by atoms with Crippen molar-refractivity contribution in [3.8, 4) is 0 Å². The third-order valence-electron chi connectivity index (χ3n) is 2.66. The summed E-state index contributed by atoms with van der Waals surface area (Å²) < 4.78 is 43.3. The van der Waals surface area contributed by atoms with Crippen LogP contribution in [0.3, 0.4) is 0 Å². The highest BCUT2D eigenvalue weighted by Gasteiger charge is 2.58. The fourth-order valence-electron chi connectivity index (χ4n) is 1.90. The number of nitrogens with zero attached hydrogens (tertiary/aromatic N) is 1. The van der Waals surface area contributed by atoms with Crippen molar-refractivity contribution in [3.63, 3.8) is 0 Å². The molecule has 0 aliphatic carbocycles. The predicted molar refractivity (Wildman–Crippen MR) is 48.6 cm³/mol. The largest absolute Gasteiger partial charge is 0.418 e. The van der Waals surface area contributed by atoms with E-state index in [9.17, 15) is 13.2 Å². The Hall–Kier alpha value is -0.330. The molecule has 6 heteroatoms. The van der Waals surface area contributed by atoms with Gasteiger partial charge in [0.15, 0.2) is 5.60 Å². The van der Waals surface area contributed by atoms with Crippen LogP contribution < -0.4 is 0 Å². The summed E-state index contributed by atoms with van der Waals surface area (Å²) in [4.78, 5) is 1.57. The average molecular weight is 227 g/mol. The monoisotopic (exact) mass is 227 g/mol. The van der Waals surface area contributed by atoms with Crippen molar-refractivity contribution < 1.29 is 23.0 Å². The summed E-state index contributed by atoms with van der Waals surface area (Å²) in [5.74, 6) is 0. The van der Waals surface area contributed by atoms with Gasteiger partial charge in [0.05, 0.1) is 6.61 Å². The van der Waals surface area contributed by atoms with Crippen LogP contribution in [0.1, 0.15) is 13.3 Å². The lowest BCUT2D eigenvalue weighted by Gasteiger charge is -2.31. The van der Waals surface area contributed by atoms with Crippen LogP contribution in [0.25, 0.3) is 0 Å². The topological polar surface area (TPSA) is 32.7 Å². The van der Waals surface area contributed by atoms with Gasteiger partial charge in [-0.2, -0.15) is 13.2 Å². The van der Waals surface area contributed by atoms with E-state index in [1.165, 1.54) is 0 Å². The molecule has 0 saturated carbocycles. The molecule has 90 valence electrons. The summed E-state index contributed by atoms with van der Waals surface area (Å²) in [7, 11) is 0. The third kappa shape index (κ3) is 2.62. The molecule has 1 aliphatic heterocycles. The lowest BCUT2D eigenvalue weighted by molar-refractivity contribution is -0.271. The van der Waals surface area contributed by atoms with E-state index in [1.54, 1.807) is 11.8 Å². The van der Waals surface area contributed by atoms with Crippen LogP contribution in [0.15, 0.2) is 0 Å². The van der Waals surface area contributed by atoms with E-state index in [0.717, 1.165) is 0 Å². The second-order valence-electron chi connectivity index (χ2n) is 3.67. The second kappa shape index (κ2) is 4.67. The molecule has 0 spiro atoms. The van der Waals surface area contributed by atoms with Gasteiger partial charge < -0.3 is 9.84 Å². The van der Waals surface area contributed by atoms with Crippen LogP contribution in [0.2, 0.25) is 0 Å². The summed E-state index contributed by atoms with van der Waals surface area (Å²) in [6.07, 6.45) is -4.39. The summed E-state index contributed by atoms with van der Waals surface area (Å²) >= 11 is 0. The van der Waals surface area contributed by atoms with E-state index in [-0.39, 0.29) is 32.7 Å². The van der Waals surface area contributed by atoms with Crippen LogP contribution in [-0.4, -0.2) is 54.6 Å². The third-order valence-corrected chi connectivity index (χ3v) is 2.66. The molecule has 0 aromatic carbocycles. The average Bonchev–Trinajstić information content (AvgIpc) is 2.50. The molecular formula is C9H16F3NO2. The zero-order valence-corrected chi connectivity index (χ0v) is 8.68. The van der Waals surface area contributed by atoms with E-state index in [0.29, 0.717) is 6.54 Å². The van der Waals surface area contributed by atoms with Crippen LogP contribution in [0, 0.1) is 0 Å². The molecule has 0 amide bonds. The Labute approximate surface area is 86.8 Å². The van der Waals surface area contributed by atoms with Gasteiger partial charge >= 0.3 is 6.18 Å². The minimum atomic E-state index is -4.34. The van der Waals surface area contributed by atoms with E-state index in [4.69, 9.17) is 9.84 Å². The number of likely N-dealkylation sites (tertiary alicyclic amines) is 1. The van der Waals surface area contributed by atoms with Gasteiger partial charge in [0.25, 0.3) is 0 Å². The van der Waals surface area contributed by atoms with E-state index < -0.39 is 11.8 Å². The number of aliphatic hydroxyl groups excluding tert-OH is 1. The van der Waals surface area contributed by atoms with Gasteiger partial charge in [-0.3, -0.25) is 4.90 Å². The molecule has 0 radical (unpaired) electrons. The molecule has 0 aromatic rings. The normalized spacial score (nSPS) is 28.6. The predicted octanol–water partition coefficient (Wildman–Crippen LogP) is 1.02. The summed E-state index contributed by atoms with van der Waals surface area (Å²) in [6, 6.07) is 0. The van der Waals surface area contributed by atoms with Crippen molar-refractivity contribution in [2.75, 3.05) is 32.8 Å². The smallest absolute Gasteiger partial charge is 0.395 e. The van der Waals surface area contributed by atoms with Gasteiger partial charge in [0.2, 0.25) is 0 Å². The molecule has 1 saturated heterocycles. The molecule has 1 atom stereocenters. The second-order valence-corrected chi connectivity index (χ2v) is 3.67. The number of rotatable bonds is 4. The molecule has 1 heterocycles. The van der Waals surface area contributed by atoms with Crippen LogP contribution in [-0.2, 0) is 4.74 Å². The van der Waals surface area contributed by atoms with Crippen LogP contribution in [0.5, 0.6) is 0 Å². The highest BCUT2D eigenvalue weighted by molar-refractivity contribution is 4.97. The molecule has 0 unspecified atom stereocenters. The molecule has 1 rings (SSSR count). The molecule has 3 nitrogen and oxygen atoms in total. The van der Waals surface area contributed by atoms with Crippen molar-refractivity contribution >= 4 is 0 Å². The zero-order chi connectivity index (χ0) is 11.5. The molecule has 0 bridgehead atoms. The molecule has 1 N–H and O–H groups in total.